The van der Waals surface area contributed by atoms with Gasteiger partial charge in [-0.15, -0.1) is 0 Å². The lowest BCUT2D eigenvalue weighted by Crippen LogP contribution is -2.54. The molecule has 0 heterocycles. The molecule has 0 atom stereocenters. The Morgan fingerprint density at radius 1 is 1.25 bits per heavy atom. The fourth-order valence-corrected chi connectivity index (χ4v) is 4.05. The SMILES string of the molecule is CC(C)NS(=O)(=O)C1(C(=O)O)CCCCC1. The third-order valence-corrected chi connectivity index (χ3v) is 5.35. The molecule has 1 rings (SSSR count). The van der Waals surface area contributed by atoms with Crippen molar-refractivity contribution < 1.29 is 18.3 Å². The van der Waals surface area contributed by atoms with E-state index < -0.39 is 20.7 Å². The Hall–Kier alpha value is -0.620. The van der Waals surface area contributed by atoms with Gasteiger partial charge in [0.05, 0.1) is 0 Å². The lowest BCUT2D eigenvalue weighted by molar-refractivity contribution is -0.141. The second kappa shape index (κ2) is 4.71. The highest BCUT2D eigenvalue weighted by molar-refractivity contribution is 7.91. The van der Waals surface area contributed by atoms with Crippen LogP contribution in [-0.2, 0) is 14.8 Å². The smallest absolute Gasteiger partial charge is 0.326 e. The first-order valence-corrected chi connectivity index (χ1v) is 7.05. The van der Waals surface area contributed by atoms with Crippen LogP contribution in [0.25, 0.3) is 0 Å². The van der Waals surface area contributed by atoms with Crippen molar-refractivity contribution >= 4 is 16.0 Å². The number of nitrogens with one attached hydrogen (secondary N) is 1. The van der Waals surface area contributed by atoms with Gasteiger partial charge in [-0.1, -0.05) is 19.3 Å². The number of rotatable bonds is 4. The van der Waals surface area contributed by atoms with Crippen LogP contribution in [0.15, 0.2) is 0 Å². The Balaban J connectivity index is 3.06. The molecule has 0 aliphatic heterocycles. The van der Waals surface area contributed by atoms with Crippen molar-refractivity contribution in [1.82, 2.24) is 4.72 Å². The molecule has 0 radical (unpaired) electrons. The molecule has 5 nitrogen and oxygen atoms in total. The molecule has 0 unspecified atom stereocenters. The zero-order valence-electron chi connectivity index (χ0n) is 9.69. The fraction of sp³-hybridized carbons (Fsp3) is 0.900. The van der Waals surface area contributed by atoms with E-state index in [9.17, 15) is 18.3 Å². The standard InChI is InChI=1S/C10H19NO4S/c1-8(2)11-16(14,15)10(9(12)13)6-4-3-5-7-10/h8,11H,3-7H2,1-2H3,(H,12,13). The minimum Gasteiger partial charge on any atom is -0.480 e. The van der Waals surface area contributed by atoms with Crippen LogP contribution in [0.2, 0.25) is 0 Å². The first-order chi connectivity index (χ1) is 7.32. The number of carboxylic acid groups (broad SMARTS) is 1. The Bertz CT molecular complexity index is 355. The van der Waals surface area contributed by atoms with Gasteiger partial charge in [0.15, 0.2) is 4.75 Å². The first kappa shape index (κ1) is 13.4. The number of carbonyl (C=O) groups is 1. The van der Waals surface area contributed by atoms with Crippen molar-refractivity contribution in [2.24, 2.45) is 0 Å². The van der Waals surface area contributed by atoms with Gasteiger partial charge in [0.25, 0.3) is 0 Å². The van der Waals surface area contributed by atoms with Gasteiger partial charge in [0.2, 0.25) is 10.0 Å². The summed E-state index contributed by atoms with van der Waals surface area (Å²) in [5, 5.41) is 9.22. The van der Waals surface area contributed by atoms with Crippen molar-refractivity contribution in [2.45, 2.75) is 56.7 Å². The predicted molar refractivity (Wildman–Crippen MR) is 60.6 cm³/mol. The highest BCUT2D eigenvalue weighted by atomic mass is 32.2. The predicted octanol–water partition coefficient (Wildman–Crippen LogP) is 1.10. The summed E-state index contributed by atoms with van der Waals surface area (Å²) in [6, 6.07) is -0.275. The van der Waals surface area contributed by atoms with Crippen molar-refractivity contribution in [1.29, 1.82) is 0 Å². The second-order valence-electron chi connectivity index (χ2n) is 4.64. The van der Waals surface area contributed by atoms with E-state index >= 15 is 0 Å². The molecule has 0 aromatic rings. The fourth-order valence-electron chi connectivity index (χ4n) is 2.14. The molecule has 0 bridgehead atoms. The van der Waals surface area contributed by atoms with E-state index in [0.29, 0.717) is 12.8 Å². The topological polar surface area (TPSA) is 83.5 Å². The summed E-state index contributed by atoms with van der Waals surface area (Å²) in [7, 11) is -3.79. The number of carboxylic acids is 1. The molecule has 94 valence electrons. The van der Waals surface area contributed by atoms with Crippen LogP contribution in [0.3, 0.4) is 0 Å². The molecule has 2 N–H and O–H groups in total. The van der Waals surface area contributed by atoms with Crippen molar-refractivity contribution in [3.05, 3.63) is 0 Å². The van der Waals surface area contributed by atoms with Gasteiger partial charge in [-0.25, -0.2) is 13.1 Å². The molecule has 0 saturated heterocycles. The molecule has 0 aromatic carbocycles. The number of sulfonamides is 1. The summed E-state index contributed by atoms with van der Waals surface area (Å²) in [5.74, 6) is -1.22. The van der Waals surface area contributed by atoms with Gasteiger partial charge in [0, 0.05) is 6.04 Å². The van der Waals surface area contributed by atoms with Gasteiger partial charge in [0.1, 0.15) is 0 Å². The lowest BCUT2D eigenvalue weighted by atomic mass is 9.88. The maximum atomic E-state index is 12.1. The average molecular weight is 249 g/mol. The zero-order chi connectivity index (χ0) is 12.4. The van der Waals surface area contributed by atoms with Crippen LogP contribution in [0, 0.1) is 0 Å². The summed E-state index contributed by atoms with van der Waals surface area (Å²) >= 11 is 0. The van der Waals surface area contributed by atoms with Crippen LogP contribution in [0.4, 0.5) is 0 Å². The monoisotopic (exact) mass is 249 g/mol. The third kappa shape index (κ3) is 2.38. The van der Waals surface area contributed by atoms with Gasteiger partial charge in [-0.3, -0.25) is 4.79 Å². The molecule has 1 fully saturated rings. The highest BCUT2D eigenvalue weighted by Crippen LogP contribution is 2.35. The third-order valence-electron chi connectivity index (χ3n) is 2.96. The first-order valence-electron chi connectivity index (χ1n) is 5.57. The van der Waals surface area contributed by atoms with Crippen LogP contribution < -0.4 is 4.72 Å². The number of hydrogen-bond acceptors (Lipinski definition) is 3. The minimum absolute atomic E-state index is 0.213. The Kier molecular flexibility index (Phi) is 3.96. The van der Waals surface area contributed by atoms with Crippen LogP contribution in [0.5, 0.6) is 0 Å². The molecule has 1 saturated carbocycles. The van der Waals surface area contributed by atoms with E-state index in [2.05, 4.69) is 4.72 Å². The average Bonchev–Trinajstić information content (AvgIpc) is 2.16. The normalized spacial score (nSPS) is 20.9. The van der Waals surface area contributed by atoms with E-state index in [1.54, 1.807) is 13.8 Å². The minimum atomic E-state index is -3.79. The summed E-state index contributed by atoms with van der Waals surface area (Å²) in [4.78, 5) is 11.3. The van der Waals surface area contributed by atoms with Crippen molar-refractivity contribution in [2.75, 3.05) is 0 Å². The summed E-state index contributed by atoms with van der Waals surface area (Å²) in [5.41, 5.74) is 0. The van der Waals surface area contributed by atoms with Crippen molar-refractivity contribution in [3.63, 3.8) is 0 Å². The highest BCUT2D eigenvalue weighted by Gasteiger charge is 2.51. The van der Waals surface area contributed by atoms with E-state index in [1.165, 1.54) is 0 Å². The van der Waals surface area contributed by atoms with Crippen LogP contribution in [0.1, 0.15) is 46.0 Å². The summed E-state index contributed by atoms with van der Waals surface area (Å²) < 4.78 is 24.9. The molecule has 1 aliphatic rings. The van der Waals surface area contributed by atoms with Crippen LogP contribution in [-0.4, -0.2) is 30.3 Å². The van der Waals surface area contributed by atoms with E-state index in [-0.39, 0.29) is 18.9 Å². The largest absolute Gasteiger partial charge is 0.480 e. The van der Waals surface area contributed by atoms with Gasteiger partial charge >= 0.3 is 5.97 Å². The van der Waals surface area contributed by atoms with Crippen molar-refractivity contribution in [3.8, 4) is 0 Å². The molecule has 0 aromatic heterocycles. The lowest BCUT2D eigenvalue weighted by Gasteiger charge is -2.33. The zero-order valence-corrected chi connectivity index (χ0v) is 10.5. The molecule has 0 spiro atoms. The maximum absolute atomic E-state index is 12.1. The van der Waals surface area contributed by atoms with Gasteiger partial charge in [-0.05, 0) is 26.7 Å². The Morgan fingerprint density at radius 2 is 1.75 bits per heavy atom. The number of aliphatic carboxylic acids is 1. The Morgan fingerprint density at radius 3 is 2.12 bits per heavy atom. The van der Waals surface area contributed by atoms with E-state index in [1.807, 2.05) is 0 Å². The second-order valence-corrected chi connectivity index (χ2v) is 6.66. The van der Waals surface area contributed by atoms with E-state index in [4.69, 9.17) is 0 Å². The molecule has 16 heavy (non-hydrogen) atoms. The van der Waals surface area contributed by atoms with Crippen LogP contribution >= 0.6 is 0 Å². The maximum Gasteiger partial charge on any atom is 0.326 e. The summed E-state index contributed by atoms with van der Waals surface area (Å²) in [6.07, 6.45) is 2.65. The quantitative estimate of drug-likeness (QED) is 0.781. The summed E-state index contributed by atoms with van der Waals surface area (Å²) in [6.45, 7) is 3.38. The van der Waals surface area contributed by atoms with Gasteiger partial charge in [-0.2, -0.15) is 0 Å². The molecular weight excluding hydrogens is 230 g/mol. The molecule has 0 amide bonds. The molecule has 1 aliphatic carbocycles. The number of hydrogen-bond donors (Lipinski definition) is 2. The molecular formula is C10H19NO4S. The molecule has 6 heteroatoms. The van der Waals surface area contributed by atoms with Gasteiger partial charge < -0.3 is 5.11 Å². The van der Waals surface area contributed by atoms with E-state index in [0.717, 1.165) is 6.42 Å². The Labute approximate surface area is 96.3 Å².